The van der Waals surface area contributed by atoms with Gasteiger partial charge in [-0.3, -0.25) is 9.69 Å². The van der Waals surface area contributed by atoms with E-state index in [1.807, 2.05) is 31.3 Å². The minimum Gasteiger partial charge on any atom is -0.348 e. The van der Waals surface area contributed by atoms with Crippen molar-refractivity contribution >= 4 is 11.7 Å². The van der Waals surface area contributed by atoms with E-state index in [0.717, 1.165) is 43.0 Å². The molecule has 0 saturated carbocycles. The third kappa shape index (κ3) is 4.03. The van der Waals surface area contributed by atoms with Crippen molar-refractivity contribution in [2.75, 3.05) is 11.9 Å². The number of nitrogens with one attached hydrogen (secondary N) is 2. The fourth-order valence-electron chi connectivity index (χ4n) is 3.41. The maximum atomic E-state index is 12.6. The Morgan fingerprint density at radius 2 is 2.22 bits per heavy atom. The first kappa shape index (κ1) is 17.4. The van der Waals surface area contributed by atoms with Gasteiger partial charge in [0.25, 0.3) is 5.91 Å². The first-order valence-electron chi connectivity index (χ1n) is 9.12. The van der Waals surface area contributed by atoms with Crippen LogP contribution >= 0.6 is 0 Å². The van der Waals surface area contributed by atoms with Crippen LogP contribution in [0.25, 0.3) is 0 Å². The zero-order valence-electron chi connectivity index (χ0n) is 15.2. The molecule has 1 saturated heterocycles. The second kappa shape index (κ2) is 7.67. The highest BCUT2D eigenvalue weighted by molar-refractivity contribution is 6.02. The van der Waals surface area contributed by atoms with Crippen LogP contribution in [0.1, 0.15) is 46.5 Å². The van der Waals surface area contributed by atoms with Gasteiger partial charge in [0.15, 0.2) is 0 Å². The van der Waals surface area contributed by atoms with Crippen molar-refractivity contribution in [3.05, 3.63) is 71.7 Å². The molecule has 1 atom stereocenters. The van der Waals surface area contributed by atoms with Crippen molar-refractivity contribution in [3.8, 4) is 0 Å². The summed E-state index contributed by atoms with van der Waals surface area (Å²) < 4.78 is 0. The Labute approximate surface area is 157 Å². The highest BCUT2D eigenvalue weighted by Crippen LogP contribution is 2.31. The van der Waals surface area contributed by atoms with E-state index in [4.69, 9.17) is 0 Å². The molecule has 7 nitrogen and oxygen atoms in total. The molecule has 1 fully saturated rings. The number of likely N-dealkylation sites (tertiary alicyclic amines) is 1. The number of aromatic nitrogens is 4. The molecule has 3 aromatic rings. The lowest BCUT2D eigenvalue weighted by Gasteiger charge is -2.23. The molecule has 0 aliphatic carbocycles. The van der Waals surface area contributed by atoms with Gasteiger partial charge in [0, 0.05) is 18.6 Å². The van der Waals surface area contributed by atoms with Gasteiger partial charge in [0.2, 0.25) is 0 Å². The van der Waals surface area contributed by atoms with Crippen LogP contribution in [0.5, 0.6) is 0 Å². The largest absolute Gasteiger partial charge is 0.348 e. The molecule has 2 N–H and O–H groups in total. The van der Waals surface area contributed by atoms with Crippen LogP contribution in [-0.2, 0) is 6.54 Å². The summed E-state index contributed by atoms with van der Waals surface area (Å²) in [4.78, 5) is 31.2. The maximum absolute atomic E-state index is 12.6. The lowest BCUT2D eigenvalue weighted by Crippen LogP contribution is -2.25. The Morgan fingerprint density at radius 1 is 1.30 bits per heavy atom. The molecule has 138 valence electrons. The second-order valence-electron chi connectivity index (χ2n) is 6.79. The van der Waals surface area contributed by atoms with Gasteiger partial charge < -0.3 is 10.3 Å². The third-order valence-corrected chi connectivity index (χ3v) is 4.77. The number of nitrogens with zero attached hydrogens (tertiary/aromatic N) is 4. The van der Waals surface area contributed by atoms with Gasteiger partial charge in [-0.2, -0.15) is 0 Å². The number of hydrogen-bond donors (Lipinski definition) is 2. The Balaban J connectivity index is 1.49. The average molecular weight is 362 g/mol. The molecule has 1 aliphatic heterocycles. The summed E-state index contributed by atoms with van der Waals surface area (Å²) in [5.74, 6) is 1.23. The number of aromatic amines is 1. The molecular weight excluding hydrogens is 340 g/mol. The van der Waals surface area contributed by atoms with Gasteiger partial charge in [-0.25, -0.2) is 15.0 Å². The first-order valence-corrected chi connectivity index (χ1v) is 9.12. The van der Waals surface area contributed by atoms with Gasteiger partial charge >= 0.3 is 0 Å². The van der Waals surface area contributed by atoms with Crippen LogP contribution in [0.3, 0.4) is 0 Å². The third-order valence-electron chi connectivity index (χ3n) is 4.77. The summed E-state index contributed by atoms with van der Waals surface area (Å²) in [6, 6.07) is 9.52. The lowest BCUT2D eigenvalue weighted by molar-refractivity contribution is 0.102. The van der Waals surface area contributed by atoms with E-state index >= 15 is 0 Å². The van der Waals surface area contributed by atoms with E-state index in [9.17, 15) is 4.79 Å². The molecule has 0 radical (unpaired) electrons. The average Bonchev–Trinajstić information content (AvgIpc) is 3.36. The maximum Gasteiger partial charge on any atom is 0.275 e. The fraction of sp³-hybridized carbons (Fsp3) is 0.300. The van der Waals surface area contributed by atoms with Crippen molar-refractivity contribution in [1.29, 1.82) is 0 Å². The molecule has 0 aromatic carbocycles. The van der Waals surface area contributed by atoms with E-state index < -0.39 is 0 Å². The standard InChI is InChI=1S/C20H22N6O/c1-14-7-8-18(23-12-14)25-20(27)16-5-2-4-15(24-16)17-6-3-11-26(17)13-19-21-9-10-22-19/h2,4-5,7-10,12,17H,3,6,11,13H2,1H3,(H,21,22)(H,23,25,27)/t17-/m0/s1. The number of rotatable bonds is 5. The van der Waals surface area contributed by atoms with E-state index in [1.165, 1.54) is 0 Å². The summed E-state index contributed by atoms with van der Waals surface area (Å²) >= 11 is 0. The predicted octanol–water partition coefficient (Wildman–Crippen LogP) is 3.10. The number of imidazole rings is 1. The van der Waals surface area contributed by atoms with Crippen LogP contribution in [-0.4, -0.2) is 37.3 Å². The van der Waals surface area contributed by atoms with Gasteiger partial charge in [-0.15, -0.1) is 0 Å². The van der Waals surface area contributed by atoms with Crippen LogP contribution < -0.4 is 5.32 Å². The summed E-state index contributed by atoms with van der Waals surface area (Å²) in [6.07, 6.45) is 7.46. The Morgan fingerprint density at radius 3 is 3.00 bits per heavy atom. The van der Waals surface area contributed by atoms with Gasteiger partial charge in [0.05, 0.1) is 18.3 Å². The first-order chi connectivity index (χ1) is 13.2. The Bertz CT molecular complexity index is 906. The summed E-state index contributed by atoms with van der Waals surface area (Å²) in [6.45, 7) is 3.71. The molecule has 1 aliphatic rings. The van der Waals surface area contributed by atoms with E-state index in [2.05, 4.69) is 30.2 Å². The van der Waals surface area contributed by atoms with Crippen molar-refractivity contribution < 1.29 is 4.79 Å². The predicted molar refractivity (Wildman–Crippen MR) is 102 cm³/mol. The molecule has 4 rings (SSSR count). The molecule has 0 unspecified atom stereocenters. The zero-order valence-corrected chi connectivity index (χ0v) is 15.2. The summed E-state index contributed by atoms with van der Waals surface area (Å²) in [7, 11) is 0. The summed E-state index contributed by atoms with van der Waals surface area (Å²) in [5.41, 5.74) is 2.37. The fourth-order valence-corrected chi connectivity index (χ4v) is 3.41. The van der Waals surface area contributed by atoms with Crippen LogP contribution in [0, 0.1) is 6.92 Å². The molecule has 0 spiro atoms. The zero-order chi connectivity index (χ0) is 18.6. The SMILES string of the molecule is Cc1ccc(NC(=O)c2cccc([C@@H]3CCCN3Cc3ncc[nH]3)n2)nc1. The number of hydrogen-bond acceptors (Lipinski definition) is 5. The topological polar surface area (TPSA) is 86.8 Å². The van der Waals surface area contributed by atoms with Crippen LogP contribution in [0.15, 0.2) is 48.9 Å². The van der Waals surface area contributed by atoms with Gasteiger partial charge in [0.1, 0.15) is 17.3 Å². The normalized spacial score (nSPS) is 17.1. The van der Waals surface area contributed by atoms with Crippen molar-refractivity contribution in [2.24, 2.45) is 0 Å². The Kier molecular flexibility index (Phi) is 4.93. The van der Waals surface area contributed by atoms with Crippen molar-refractivity contribution in [2.45, 2.75) is 32.4 Å². The quantitative estimate of drug-likeness (QED) is 0.728. The minimum absolute atomic E-state index is 0.195. The molecular formula is C20H22N6O. The molecule has 4 heterocycles. The molecule has 0 bridgehead atoms. The number of aryl methyl sites for hydroxylation is 1. The monoisotopic (exact) mass is 362 g/mol. The second-order valence-corrected chi connectivity index (χ2v) is 6.79. The molecule has 27 heavy (non-hydrogen) atoms. The lowest BCUT2D eigenvalue weighted by atomic mass is 10.1. The smallest absolute Gasteiger partial charge is 0.275 e. The Hall–Kier alpha value is -3.06. The number of pyridine rings is 2. The number of amides is 1. The number of anilines is 1. The molecule has 7 heteroatoms. The number of H-pyrrole nitrogens is 1. The van der Waals surface area contributed by atoms with Crippen molar-refractivity contribution in [1.82, 2.24) is 24.8 Å². The van der Waals surface area contributed by atoms with Crippen molar-refractivity contribution in [3.63, 3.8) is 0 Å². The van der Waals surface area contributed by atoms with E-state index in [0.29, 0.717) is 11.5 Å². The highest BCUT2D eigenvalue weighted by atomic mass is 16.1. The highest BCUT2D eigenvalue weighted by Gasteiger charge is 2.28. The van der Waals surface area contributed by atoms with E-state index in [-0.39, 0.29) is 11.9 Å². The van der Waals surface area contributed by atoms with Crippen LogP contribution in [0.2, 0.25) is 0 Å². The molecule has 3 aromatic heterocycles. The van der Waals surface area contributed by atoms with E-state index in [1.54, 1.807) is 24.5 Å². The summed E-state index contributed by atoms with van der Waals surface area (Å²) in [5, 5.41) is 2.81. The number of carbonyl (C=O) groups excluding carboxylic acids is 1. The van der Waals surface area contributed by atoms with Gasteiger partial charge in [-0.1, -0.05) is 12.1 Å². The molecule has 1 amide bonds. The minimum atomic E-state index is -0.246. The van der Waals surface area contributed by atoms with Gasteiger partial charge in [-0.05, 0) is 50.1 Å². The van der Waals surface area contributed by atoms with Crippen LogP contribution in [0.4, 0.5) is 5.82 Å². The number of carbonyl (C=O) groups is 1.